The molecule has 112 valence electrons. The molecule has 1 aliphatic rings. The summed E-state index contributed by atoms with van der Waals surface area (Å²) in [6.45, 7) is 3.53. The van der Waals surface area contributed by atoms with Gasteiger partial charge in [0.1, 0.15) is 5.52 Å². The molecule has 2 atom stereocenters. The number of carbonyl (C=O) groups is 1. The van der Waals surface area contributed by atoms with Crippen LogP contribution in [0, 0.1) is 0 Å². The van der Waals surface area contributed by atoms with E-state index >= 15 is 0 Å². The molecule has 2 aromatic rings. The Kier molecular flexibility index (Phi) is 4.19. The van der Waals surface area contributed by atoms with Gasteiger partial charge in [-0.3, -0.25) is 4.79 Å². The second-order valence-electron chi connectivity index (χ2n) is 5.52. The Bertz CT molecular complexity index is 607. The van der Waals surface area contributed by atoms with Gasteiger partial charge in [0.25, 0.3) is 0 Å². The average Bonchev–Trinajstić information content (AvgIpc) is 2.97. The van der Waals surface area contributed by atoms with Gasteiger partial charge in [0.15, 0.2) is 11.5 Å². The van der Waals surface area contributed by atoms with Crippen LogP contribution >= 0.6 is 11.8 Å². The fourth-order valence-electron chi connectivity index (χ4n) is 2.80. The van der Waals surface area contributed by atoms with E-state index in [0.717, 1.165) is 42.9 Å². The molecule has 0 saturated carbocycles. The first-order chi connectivity index (χ1) is 10.2. The third-order valence-electron chi connectivity index (χ3n) is 4.09. The summed E-state index contributed by atoms with van der Waals surface area (Å²) in [5.41, 5.74) is 1.72. The Morgan fingerprint density at radius 2 is 2.29 bits per heavy atom. The molecule has 0 spiro atoms. The summed E-state index contributed by atoms with van der Waals surface area (Å²) in [5, 5.41) is 0.0207. The van der Waals surface area contributed by atoms with E-state index in [4.69, 9.17) is 4.42 Å². The summed E-state index contributed by atoms with van der Waals surface area (Å²) in [6.07, 6.45) is 4.02. The Balaban J connectivity index is 1.78. The molecule has 0 radical (unpaired) electrons. The topological polar surface area (TPSA) is 46.3 Å². The second kappa shape index (κ2) is 6.10. The maximum Gasteiger partial charge on any atom is 0.235 e. The number of hydrogen-bond donors (Lipinski definition) is 0. The Labute approximate surface area is 128 Å². The monoisotopic (exact) mass is 304 g/mol. The molecule has 3 rings (SSSR count). The van der Waals surface area contributed by atoms with E-state index < -0.39 is 0 Å². The average molecular weight is 304 g/mol. The van der Waals surface area contributed by atoms with Gasteiger partial charge in [-0.1, -0.05) is 12.1 Å². The van der Waals surface area contributed by atoms with Crippen molar-refractivity contribution >= 4 is 28.8 Å². The molecule has 1 aromatic heterocycles. The zero-order valence-electron chi connectivity index (χ0n) is 12.4. The number of para-hydroxylation sites is 2. The smallest absolute Gasteiger partial charge is 0.235 e. The molecule has 2 heterocycles. The van der Waals surface area contributed by atoms with Crippen LogP contribution in [0.3, 0.4) is 0 Å². The number of carbonyl (C=O) groups excluding carboxylic acids is 1. The van der Waals surface area contributed by atoms with Gasteiger partial charge in [0, 0.05) is 13.1 Å². The van der Waals surface area contributed by atoms with Gasteiger partial charge in [0.2, 0.25) is 5.91 Å². The van der Waals surface area contributed by atoms with Crippen molar-refractivity contribution in [2.75, 3.05) is 19.3 Å². The Hall–Kier alpha value is -1.49. The zero-order valence-corrected chi connectivity index (χ0v) is 13.2. The van der Waals surface area contributed by atoms with Gasteiger partial charge in [-0.2, -0.15) is 11.8 Å². The number of likely N-dealkylation sites (tertiary alicyclic amines) is 1. The summed E-state index contributed by atoms with van der Waals surface area (Å²) in [6, 6.07) is 7.82. The summed E-state index contributed by atoms with van der Waals surface area (Å²) < 4.78 is 5.87. The van der Waals surface area contributed by atoms with Crippen LogP contribution < -0.4 is 0 Å². The van der Waals surface area contributed by atoms with Crippen molar-refractivity contribution < 1.29 is 9.21 Å². The standard InChI is InChI=1S/C16H20N2O2S/c1-11(21-2)16(19)18-9-5-6-12(10-18)15-17-13-7-3-4-8-14(13)20-15/h3-4,7-8,11-12H,5-6,9-10H2,1-2H3. The highest BCUT2D eigenvalue weighted by Gasteiger charge is 2.29. The molecular weight excluding hydrogens is 284 g/mol. The molecule has 0 bridgehead atoms. The maximum absolute atomic E-state index is 12.3. The Morgan fingerprint density at radius 3 is 3.05 bits per heavy atom. The highest BCUT2D eigenvalue weighted by molar-refractivity contribution is 7.99. The van der Waals surface area contributed by atoms with Crippen LogP contribution in [0.25, 0.3) is 11.1 Å². The van der Waals surface area contributed by atoms with E-state index in [0.29, 0.717) is 0 Å². The van der Waals surface area contributed by atoms with Crippen LogP contribution in [0.5, 0.6) is 0 Å². The fourth-order valence-corrected chi connectivity index (χ4v) is 3.15. The lowest BCUT2D eigenvalue weighted by Gasteiger charge is -2.32. The number of amides is 1. The van der Waals surface area contributed by atoms with Crippen LogP contribution in [-0.4, -0.2) is 40.4 Å². The van der Waals surface area contributed by atoms with Gasteiger partial charge in [-0.05, 0) is 38.2 Å². The first-order valence-electron chi connectivity index (χ1n) is 7.36. The number of thioether (sulfide) groups is 1. The summed E-state index contributed by atoms with van der Waals surface area (Å²) in [4.78, 5) is 18.9. The SMILES string of the molecule is CSC(C)C(=O)N1CCCC(c2nc3ccccc3o2)C1. The third kappa shape index (κ3) is 2.93. The number of fused-ring (bicyclic) bond motifs is 1. The van der Waals surface area contributed by atoms with Crippen molar-refractivity contribution in [1.29, 1.82) is 0 Å². The second-order valence-corrected chi connectivity index (χ2v) is 6.70. The number of piperidine rings is 1. The van der Waals surface area contributed by atoms with Crippen molar-refractivity contribution in [2.24, 2.45) is 0 Å². The number of aromatic nitrogens is 1. The van der Waals surface area contributed by atoms with Gasteiger partial charge in [-0.15, -0.1) is 0 Å². The van der Waals surface area contributed by atoms with Crippen molar-refractivity contribution in [3.63, 3.8) is 0 Å². The lowest BCUT2D eigenvalue weighted by atomic mass is 9.98. The summed E-state index contributed by atoms with van der Waals surface area (Å²) in [5.74, 6) is 1.21. The molecule has 2 unspecified atom stereocenters. The molecule has 4 nitrogen and oxygen atoms in total. The van der Waals surface area contributed by atoms with Crippen LogP contribution in [0.2, 0.25) is 0 Å². The lowest BCUT2D eigenvalue weighted by molar-refractivity contribution is -0.131. The minimum atomic E-state index is 0.0207. The minimum absolute atomic E-state index is 0.0207. The predicted octanol–water partition coefficient (Wildman–Crippen LogP) is 3.29. The van der Waals surface area contributed by atoms with Crippen molar-refractivity contribution in [1.82, 2.24) is 9.88 Å². The summed E-state index contributed by atoms with van der Waals surface area (Å²) >= 11 is 1.60. The normalized spacial score (nSPS) is 20.7. The van der Waals surface area contributed by atoms with Crippen LogP contribution in [-0.2, 0) is 4.79 Å². The van der Waals surface area contributed by atoms with Crippen molar-refractivity contribution in [3.05, 3.63) is 30.2 Å². The van der Waals surface area contributed by atoms with Gasteiger partial charge in [0.05, 0.1) is 11.2 Å². The molecule has 0 aliphatic carbocycles. The van der Waals surface area contributed by atoms with E-state index in [1.54, 1.807) is 11.8 Å². The number of nitrogens with zero attached hydrogens (tertiary/aromatic N) is 2. The van der Waals surface area contributed by atoms with E-state index in [1.165, 1.54) is 0 Å². The highest BCUT2D eigenvalue weighted by atomic mass is 32.2. The minimum Gasteiger partial charge on any atom is -0.440 e. The molecule has 1 aliphatic heterocycles. The van der Waals surface area contributed by atoms with Gasteiger partial charge < -0.3 is 9.32 Å². The molecule has 1 aromatic carbocycles. The molecule has 1 saturated heterocycles. The predicted molar refractivity (Wildman–Crippen MR) is 85.5 cm³/mol. The number of rotatable bonds is 3. The van der Waals surface area contributed by atoms with E-state index in [1.807, 2.05) is 42.3 Å². The van der Waals surface area contributed by atoms with Crippen molar-refractivity contribution in [3.8, 4) is 0 Å². The van der Waals surface area contributed by atoms with E-state index in [2.05, 4.69) is 4.98 Å². The number of hydrogen-bond acceptors (Lipinski definition) is 4. The lowest BCUT2D eigenvalue weighted by Crippen LogP contribution is -2.42. The third-order valence-corrected chi connectivity index (χ3v) is 5.00. The molecule has 5 heteroatoms. The first kappa shape index (κ1) is 14.4. The molecule has 1 fully saturated rings. The molecule has 0 N–H and O–H groups in total. The fraction of sp³-hybridized carbons (Fsp3) is 0.500. The summed E-state index contributed by atoms with van der Waals surface area (Å²) in [7, 11) is 0. The first-order valence-corrected chi connectivity index (χ1v) is 8.65. The van der Waals surface area contributed by atoms with Crippen LogP contribution in [0.15, 0.2) is 28.7 Å². The molecular formula is C16H20N2O2S. The Morgan fingerprint density at radius 1 is 1.48 bits per heavy atom. The molecule has 21 heavy (non-hydrogen) atoms. The van der Waals surface area contributed by atoms with E-state index in [9.17, 15) is 4.79 Å². The molecule has 1 amide bonds. The highest BCUT2D eigenvalue weighted by Crippen LogP contribution is 2.29. The zero-order chi connectivity index (χ0) is 14.8. The maximum atomic E-state index is 12.3. The van der Waals surface area contributed by atoms with Crippen LogP contribution in [0.1, 0.15) is 31.6 Å². The van der Waals surface area contributed by atoms with Gasteiger partial charge >= 0.3 is 0 Å². The van der Waals surface area contributed by atoms with E-state index in [-0.39, 0.29) is 17.1 Å². The number of oxazole rings is 1. The largest absolute Gasteiger partial charge is 0.440 e. The number of benzene rings is 1. The van der Waals surface area contributed by atoms with Crippen molar-refractivity contribution in [2.45, 2.75) is 30.9 Å². The quantitative estimate of drug-likeness (QED) is 0.873. The van der Waals surface area contributed by atoms with Crippen LogP contribution in [0.4, 0.5) is 0 Å². The van der Waals surface area contributed by atoms with Gasteiger partial charge in [-0.25, -0.2) is 4.98 Å².